The van der Waals surface area contributed by atoms with Crippen molar-refractivity contribution in [2.45, 2.75) is 109 Å². The number of benzene rings is 2. The molecule has 4 rings (SSSR count). The topological polar surface area (TPSA) is 224 Å². The lowest BCUT2D eigenvalue weighted by atomic mass is 9.67. The molecule has 15 nitrogen and oxygen atoms in total. The van der Waals surface area contributed by atoms with Crippen molar-refractivity contribution in [1.29, 1.82) is 0 Å². The van der Waals surface area contributed by atoms with Gasteiger partial charge in [0.05, 0.1) is 30.0 Å². The quantitative estimate of drug-likeness (QED) is 0.110. The number of aliphatic hydroxyl groups is 3. The van der Waals surface area contributed by atoms with E-state index in [2.05, 4.69) is 21.4 Å². The van der Waals surface area contributed by atoms with Crippen LogP contribution in [0.15, 0.2) is 89.5 Å². The molecule has 2 aromatic carbocycles. The molecule has 2 heterocycles. The van der Waals surface area contributed by atoms with Gasteiger partial charge in [-0.05, 0) is 54.7 Å². The van der Waals surface area contributed by atoms with E-state index in [1.54, 1.807) is 60.7 Å². The van der Waals surface area contributed by atoms with Gasteiger partial charge in [0.2, 0.25) is 10.4 Å². The van der Waals surface area contributed by atoms with Crippen molar-refractivity contribution in [3.8, 4) is 0 Å². The summed E-state index contributed by atoms with van der Waals surface area (Å²) in [6.07, 6.45) is -1.46. The number of hydrogen-bond donors (Lipinski definition) is 5. The van der Waals surface area contributed by atoms with Crippen molar-refractivity contribution in [3.63, 3.8) is 0 Å². The first kappa shape index (κ1) is 47.0. The highest BCUT2D eigenvalue weighted by molar-refractivity contribution is 7.95. The van der Waals surface area contributed by atoms with Crippen LogP contribution in [0.3, 0.4) is 0 Å². The molecular formula is C41H58N3O12S2-. The number of urea groups is 1. The van der Waals surface area contributed by atoms with Crippen molar-refractivity contribution < 1.29 is 55.2 Å². The maximum Gasteiger partial charge on any atom is 0.321 e. The average Bonchev–Trinajstić information content (AvgIpc) is 3.22. The highest BCUT2D eigenvalue weighted by Gasteiger charge is 2.51. The molecular weight excluding hydrogens is 791 g/mol. The van der Waals surface area contributed by atoms with Crippen LogP contribution in [0.25, 0.3) is 0 Å². The number of hydrogen-bond acceptors (Lipinski definition) is 13. The van der Waals surface area contributed by atoms with Gasteiger partial charge in [0.15, 0.2) is 16.1 Å². The largest absolute Gasteiger partial charge is 0.726 e. The Morgan fingerprint density at radius 1 is 1.05 bits per heavy atom. The van der Waals surface area contributed by atoms with E-state index in [-0.39, 0.29) is 23.0 Å². The molecule has 0 saturated carbocycles. The highest BCUT2D eigenvalue weighted by atomic mass is 32.3. The third-order valence-corrected chi connectivity index (χ3v) is 13.1. The zero-order valence-corrected chi connectivity index (χ0v) is 35.4. The highest BCUT2D eigenvalue weighted by Crippen LogP contribution is 2.51. The van der Waals surface area contributed by atoms with Crippen molar-refractivity contribution in [2.24, 2.45) is 5.41 Å². The smallest absolute Gasteiger partial charge is 0.321 e. The number of nitrogens with one attached hydrogen (secondary N) is 2. The Kier molecular flexibility index (Phi) is 16.7. The zero-order chi connectivity index (χ0) is 42.8. The summed E-state index contributed by atoms with van der Waals surface area (Å²) >= 11 is 0. The van der Waals surface area contributed by atoms with E-state index in [9.17, 15) is 41.5 Å². The number of unbranched alkanes of at least 4 members (excludes halogenated alkanes) is 2. The van der Waals surface area contributed by atoms with Crippen LogP contribution in [0.4, 0.5) is 10.5 Å². The molecule has 0 spiro atoms. The number of carbonyl (C=O) groups is 1. The maximum absolute atomic E-state index is 14.2. The lowest BCUT2D eigenvalue weighted by Crippen LogP contribution is -2.64. The molecule has 17 heteroatoms. The van der Waals surface area contributed by atoms with E-state index in [1.807, 2.05) is 45.8 Å². The monoisotopic (exact) mass is 848 g/mol. The molecule has 7 atom stereocenters. The second kappa shape index (κ2) is 20.5. The van der Waals surface area contributed by atoms with Crippen LogP contribution >= 0.6 is 0 Å². The fourth-order valence-corrected chi connectivity index (χ4v) is 9.86. The lowest BCUT2D eigenvalue weighted by Gasteiger charge is -2.42. The number of aliphatic hydroxyl groups excluding tert-OH is 3. The first-order valence-electron chi connectivity index (χ1n) is 19.5. The van der Waals surface area contributed by atoms with Gasteiger partial charge in [-0.25, -0.2) is 21.6 Å². The molecule has 2 fully saturated rings. The van der Waals surface area contributed by atoms with Gasteiger partial charge in [-0.2, -0.15) is 0 Å². The first-order chi connectivity index (χ1) is 27.4. The van der Waals surface area contributed by atoms with E-state index in [0.29, 0.717) is 48.1 Å². The van der Waals surface area contributed by atoms with Gasteiger partial charge in [-0.1, -0.05) is 94.7 Å². The van der Waals surface area contributed by atoms with Crippen molar-refractivity contribution in [3.05, 3.63) is 101 Å². The normalized spacial score (nSPS) is 26.8. The van der Waals surface area contributed by atoms with E-state index in [0.717, 1.165) is 12.8 Å². The molecule has 0 aliphatic carbocycles. The van der Waals surface area contributed by atoms with E-state index >= 15 is 0 Å². The molecule has 0 bridgehead atoms. The van der Waals surface area contributed by atoms with E-state index in [1.165, 1.54) is 0 Å². The Morgan fingerprint density at radius 2 is 1.71 bits per heavy atom. The number of sulfone groups is 1. The lowest BCUT2D eigenvalue weighted by molar-refractivity contribution is -0.246. The summed E-state index contributed by atoms with van der Waals surface area (Å²) in [5, 5.41) is 40.0. The van der Waals surface area contributed by atoms with Crippen LogP contribution < -0.4 is 10.6 Å². The molecule has 0 aromatic heterocycles. The Bertz CT molecular complexity index is 1980. The molecule has 2 amide bonds. The number of ether oxygens (including phenoxy) is 2. The molecule has 322 valence electrons. The maximum atomic E-state index is 14.2. The second-order valence-corrected chi connectivity index (χ2v) is 18.2. The molecule has 2 saturated heterocycles. The number of likely N-dealkylation sites (N-methyl/N-ethyl adjacent to an activating group) is 1. The number of anilines is 1. The number of amides is 2. The van der Waals surface area contributed by atoms with Crippen LogP contribution in [-0.4, -0.2) is 111 Å². The van der Waals surface area contributed by atoms with Crippen molar-refractivity contribution in [2.75, 3.05) is 31.8 Å². The van der Waals surface area contributed by atoms with Crippen molar-refractivity contribution in [1.82, 2.24) is 10.2 Å². The van der Waals surface area contributed by atoms with Gasteiger partial charge >= 0.3 is 6.03 Å². The first-order valence-corrected chi connectivity index (χ1v) is 22.4. The summed E-state index contributed by atoms with van der Waals surface area (Å²) in [7, 11) is -5.47. The van der Waals surface area contributed by atoms with Gasteiger partial charge in [0.1, 0.15) is 24.4 Å². The summed E-state index contributed by atoms with van der Waals surface area (Å²) < 4.78 is 77.8. The fourth-order valence-electron chi connectivity index (χ4n) is 7.63. The Hall–Kier alpha value is -3.65. The van der Waals surface area contributed by atoms with Crippen LogP contribution in [0.5, 0.6) is 0 Å². The summed E-state index contributed by atoms with van der Waals surface area (Å²) in [5.41, 5.74) is 1.49. The Labute approximate surface area is 342 Å². The summed E-state index contributed by atoms with van der Waals surface area (Å²) in [4.78, 5) is 15.3. The number of allylic oxidation sites excluding steroid dienone is 3. The molecule has 2 aliphatic rings. The predicted molar refractivity (Wildman–Crippen MR) is 219 cm³/mol. The SMILES string of the molecule is C=C1/C(=C\C(=C/C)N(C)C)[C@@H](c2cccc(NC(=O)N[C@@H]3O[C@H](COS(=O)(=O)[O-])[C@@H](O)[C@H](OCc4ccccc4)[C@H]3O)c2)[C@@H](O)C(CCCC)(CCCC)CS1(=O)=O. The molecule has 2 aliphatic heterocycles. The average molecular weight is 849 g/mol. The molecule has 2 aromatic rings. The van der Waals surface area contributed by atoms with Crippen LogP contribution in [0, 0.1) is 5.41 Å². The summed E-state index contributed by atoms with van der Waals surface area (Å²) in [5.74, 6) is -1.13. The van der Waals surface area contributed by atoms with Crippen LogP contribution in [0.1, 0.15) is 76.3 Å². The minimum absolute atomic E-state index is 0.0712. The van der Waals surface area contributed by atoms with Crippen LogP contribution in [-0.2, 0) is 40.5 Å². The molecule has 5 N–H and O–H groups in total. The Morgan fingerprint density at radius 3 is 2.29 bits per heavy atom. The summed E-state index contributed by atoms with van der Waals surface area (Å²) in [6, 6.07) is 14.6. The number of nitrogens with zero attached hydrogens (tertiary/aromatic N) is 1. The zero-order valence-electron chi connectivity index (χ0n) is 33.7. The van der Waals surface area contributed by atoms with Gasteiger partial charge in [0.25, 0.3) is 0 Å². The van der Waals surface area contributed by atoms with Gasteiger partial charge in [-0.3, -0.25) is 4.18 Å². The minimum atomic E-state index is -5.19. The third-order valence-electron chi connectivity index (χ3n) is 10.7. The fraction of sp³-hybridized carbons (Fsp3) is 0.537. The number of rotatable bonds is 17. The van der Waals surface area contributed by atoms with Gasteiger partial charge < -0.3 is 44.9 Å². The molecule has 58 heavy (non-hydrogen) atoms. The number of carbonyl (C=O) groups excluding carboxylic acids is 1. The van der Waals surface area contributed by atoms with Crippen LogP contribution in [0.2, 0.25) is 0 Å². The van der Waals surface area contributed by atoms with Gasteiger partial charge in [0, 0.05) is 36.8 Å². The molecule has 0 radical (unpaired) electrons. The minimum Gasteiger partial charge on any atom is -0.726 e. The standard InChI is InChI=1S/C41H59N3O12S2/c1-7-10-20-41(21-11-8-2)26-57(49,50)27(4)32(23-31(9-3)44(5)6)34(38(41)47)29-18-15-19-30(22-29)42-40(48)43-39-36(46)37(54-24-28-16-13-12-14-17-28)35(45)33(56-39)25-55-58(51,52)53/h9,12-19,22-23,33-39,45-47H,4,7-8,10-11,20-21,24-26H2,1-3,5-6H3,(H2,42,43,48)(H,51,52,53)/p-1/b31-9+,32-23+/t33-,34-,35-,36-,37+,38-,39-/m1/s1. The van der Waals surface area contributed by atoms with Gasteiger partial charge in [-0.15, -0.1) is 0 Å². The predicted octanol–water partition coefficient (Wildman–Crippen LogP) is 4.46. The van der Waals surface area contributed by atoms with Crippen molar-refractivity contribution >= 4 is 32.0 Å². The summed E-state index contributed by atoms with van der Waals surface area (Å²) in [6.45, 7) is 8.96. The second-order valence-electron chi connectivity index (χ2n) is 15.1. The van der Waals surface area contributed by atoms with E-state index in [4.69, 9.17) is 9.47 Å². The third kappa shape index (κ3) is 12.0. The molecule has 0 unspecified atom stereocenters. The Balaban J connectivity index is 1.69. The van der Waals surface area contributed by atoms with E-state index < -0.39 is 81.0 Å².